The molecule has 1 aliphatic heterocycles. The molecule has 22 heavy (non-hydrogen) atoms. The number of para-hydroxylation sites is 1. The van der Waals surface area contributed by atoms with E-state index < -0.39 is 11.4 Å². The number of carbonyl (C=O) groups is 1. The second-order valence-corrected chi connectivity index (χ2v) is 6.83. The Balaban J connectivity index is 1.65. The largest absolute Gasteiger partial charge is 0.481 e. The van der Waals surface area contributed by atoms with Crippen molar-refractivity contribution in [2.45, 2.75) is 33.2 Å². The van der Waals surface area contributed by atoms with Gasteiger partial charge in [-0.1, -0.05) is 18.2 Å². The average Bonchev–Trinajstić information content (AvgIpc) is 2.97. The summed E-state index contributed by atoms with van der Waals surface area (Å²) in [6.45, 7) is 6.49. The zero-order valence-electron chi connectivity index (χ0n) is 13.2. The van der Waals surface area contributed by atoms with Gasteiger partial charge in [0.05, 0.1) is 17.1 Å². The molecule has 118 valence electrons. The van der Waals surface area contributed by atoms with Gasteiger partial charge in [0.15, 0.2) is 0 Å². The molecule has 5 heteroatoms. The Kier molecular flexibility index (Phi) is 3.91. The molecular formula is C17H23N3O2. The van der Waals surface area contributed by atoms with E-state index >= 15 is 0 Å². The number of benzene rings is 1. The van der Waals surface area contributed by atoms with Crippen LogP contribution in [0.15, 0.2) is 24.4 Å². The number of hydrogen-bond donors (Lipinski definition) is 2. The topological polar surface area (TPSA) is 69.2 Å². The fraction of sp³-hybridized carbons (Fsp3) is 0.529. The summed E-state index contributed by atoms with van der Waals surface area (Å²) in [5.41, 5.74) is 1.73. The molecule has 0 atom stereocenters. The Morgan fingerprint density at radius 3 is 2.82 bits per heavy atom. The van der Waals surface area contributed by atoms with E-state index in [1.54, 1.807) is 0 Å². The van der Waals surface area contributed by atoms with E-state index in [1.165, 1.54) is 5.56 Å². The molecular weight excluding hydrogens is 278 g/mol. The highest BCUT2D eigenvalue weighted by molar-refractivity contribution is 5.81. The van der Waals surface area contributed by atoms with E-state index in [0.717, 1.165) is 43.4 Å². The van der Waals surface area contributed by atoms with Crippen molar-refractivity contribution < 1.29 is 9.90 Å². The first-order valence-electron chi connectivity index (χ1n) is 7.85. The first-order valence-corrected chi connectivity index (χ1v) is 7.85. The van der Waals surface area contributed by atoms with Crippen LogP contribution in [0, 0.1) is 11.3 Å². The predicted molar refractivity (Wildman–Crippen MR) is 85.5 cm³/mol. The molecule has 1 saturated heterocycles. The predicted octanol–water partition coefficient (Wildman–Crippen LogP) is 2.89. The third-order valence-corrected chi connectivity index (χ3v) is 5.12. The summed E-state index contributed by atoms with van der Waals surface area (Å²) in [7, 11) is 0. The molecule has 2 N–H and O–H groups in total. The number of piperidine rings is 1. The molecule has 1 aliphatic rings. The lowest BCUT2D eigenvalue weighted by atomic mass is 9.73. The number of likely N-dealkylation sites (tertiary alicyclic amines) is 1. The fourth-order valence-corrected chi connectivity index (χ4v) is 3.39. The smallest absolute Gasteiger partial charge is 0.309 e. The Hall–Kier alpha value is -1.88. The zero-order chi connectivity index (χ0) is 15.7. The number of nitrogens with zero attached hydrogens (tertiary/aromatic N) is 2. The average molecular weight is 301 g/mol. The third-order valence-electron chi connectivity index (χ3n) is 5.12. The Labute approximate surface area is 130 Å². The van der Waals surface area contributed by atoms with E-state index in [9.17, 15) is 9.90 Å². The van der Waals surface area contributed by atoms with E-state index in [-0.39, 0.29) is 5.92 Å². The van der Waals surface area contributed by atoms with Crippen LogP contribution in [-0.4, -0.2) is 39.3 Å². The summed E-state index contributed by atoms with van der Waals surface area (Å²) in [4.78, 5) is 13.8. The molecule has 5 nitrogen and oxygen atoms in total. The van der Waals surface area contributed by atoms with Gasteiger partial charge in [-0.05, 0) is 51.3 Å². The highest BCUT2D eigenvalue weighted by Gasteiger charge is 2.38. The number of H-pyrrole nitrogens is 1. The van der Waals surface area contributed by atoms with Gasteiger partial charge < -0.3 is 5.11 Å². The van der Waals surface area contributed by atoms with Gasteiger partial charge >= 0.3 is 5.97 Å². The molecule has 2 heterocycles. The van der Waals surface area contributed by atoms with Crippen LogP contribution in [0.4, 0.5) is 0 Å². The van der Waals surface area contributed by atoms with Crippen LogP contribution in [0.25, 0.3) is 10.9 Å². The second kappa shape index (κ2) is 5.72. The van der Waals surface area contributed by atoms with Crippen LogP contribution < -0.4 is 0 Å². The zero-order valence-corrected chi connectivity index (χ0v) is 13.2. The quantitative estimate of drug-likeness (QED) is 0.911. The molecule has 0 saturated carbocycles. The Morgan fingerprint density at radius 2 is 2.14 bits per heavy atom. The van der Waals surface area contributed by atoms with Crippen LogP contribution in [-0.2, 0) is 11.3 Å². The van der Waals surface area contributed by atoms with Crippen molar-refractivity contribution in [3.8, 4) is 0 Å². The number of rotatable bonds is 4. The minimum atomic E-state index is -0.687. The van der Waals surface area contributed by atoms with Gasteiger partial charge in [-0.25, -0.2) is 0 Å². The maximum atomic E-state index is 11.4. The first kappa shape index (κ1) is 15.0. The maximum absolute atomic E-state index is 11.4. The summed E-state index contributed by atoms with van der Waals surface area (Å²) in [5, 5.41) is 17.7. The van der Waals surface area contributed by atoms with Gasteiger partial charge in [0.2, 0.25) is 0 Å². The van der Waals surface area contributed by atoms with E-state index in [0.29, 0.717) is 0 Å². The van der Waals surface area contributed by atoms with Gasteiger partial charge in [0.1, 0.15) is 0 Å². The molecule has 1 aromatic heterocycles. The van der Waals surface area contributed by atoms with Crippen LogP contribution in [0.5, 0.6) is 0 Å². The van der Waals surface area contributed by atoms with Crippen molar-refractivity contribution >= 4 is 16.9 Å². The number of carboxylic acid groups (broad SMARTS) is 1. The summed E-state index contributed by atoms with van der Waals surface area (Å²) >= 11 is 0. The molecule has 0 amide bonds. The van der Waals surface area contributed by atoms with Gasteiger partial charge in [0, 0.05) is 11.9 Å². The lowest BCUT2D eigenvalue weighted by Gasteiger charge is -2.38. The molecule has 0 radical (unpaired) electrons. The van der Waals surface area contributed by atoms with E-state index in [4.69, 9.17) is 0 Å². The molecule has 0 aliphatic carbocycles. The van der Waals surface area contributed by atoms with Gasteiger partial charge in [-0.2, -0.15) is 5.10 Å². The number of fused-ring (bicyclic) bond motifs is 1. The van der Waals surface area contributed by atoms with Crippen molar-refractivity contribution in [2.75, 3.05) is 13.1 Å². The van der Waals surface area contributed by atoms with Gasteiger partial charge in [-0.15, -0.1) is 0 Å². The molecule has 0 unspecified atom stereocenters. The molecule has 1 fully saturated rings. The monoisotopic (exact) mass is 301 g/mol. The third kappa shape index (κ3) is 2.73. The number of nitrogens with one attached hydrogen (secondary N) is 1. The van der Waals surface area contributed by atoms with Crippen molar-refractivity contribution in [1.82, 2.24) is 15.1 Å². The highest BCUT2D eigenvalue weighted by atomic mass is 16.4. The highest BCUT2D eigenvalue weighted by Crippen LogP contribution is 2.35. The van der Waals surface area contributed by atoms with E-state index in [1.807, 2.05) is 20.0 Å². The van der Waals surface area contributed by atoms with Crippen LogP contribution >= 0.6 is 0 Å². The Bertz CT molecular complexity index is 669. The minimum Gasteiger partial charge on any atom is -0.481 e. The summed E-state index contributed by atoms with van der Waals surface area (Å²) in [6, 6.07) is 6.26. The molecule has 0 spiro atoms. The van der Waals surface area contributed by atoms with Crippen molar-refractivity contribution in [3.63, 3.8) is 0 Å². The molecule has 3 rings (SSSR count). The number of hydrogen-bond acceptors (Lipinski definition) is 3. The van der Waals surface area contributed by atoms with Crippen molar-refractivity contribution in [2.24, 2.45) is 11.3 Å². The van der Waals surface area contributed by atoms with Crippen LogP contribution in [0.2, 0.25) is 0 Å². The number of aliphatic carboxylic acids is 1. The number of aromatic amines is 1. The van der Waals surface area contributed by atoms with Crippen LogP contribution in [0.1, 0.15) is 32.3 Å². The lowest BCUT2D eigenvalue weighted by Crippen LogP contribution is -2.41. The first-order chi connectivity index (χ1) is 10.5. The Morgan fingerprint density at radius 1 is 1.41 bits per heavy atom. The van der Waals surface area contributed by atoms with Crippen molar-refractivity contribution in [3.05, 3.63) is 30.0 Å². The normalized spacial score (nSPS) is 17.9. The summed E-state index contributed by atoms with van der Waals surface area (Å²) in [5.74, 6) is -0.433. The van der Waals surface area contributed by atoms with Gasteiger partial charge in [-0.3, -0.25) is 14.8 Å². The number of carboxylic acids is 1. The molecule has 2 aromatic rings. The summed E-state index contributed by atoms with van der Waals surface area (Å²) in [6.07, 6.45) is 3.73. The number of aromatic nitrogens is 2. The summed E-state index contributed by atoms with van der Waals surface area (Å²) < 4.78 is 0. The molecule has 0 bridgehead atoms. The van der Waals surface area contributed by atoms with Crippen molar-refractivity contribution in [1.29, 1.82) is 0 Å². The lowest BCUT2D eigenvalue weighted by molar-refractivity contribution is -0.151. The van der Waals surface area contributed by atoms with Gasteiger partial charge in [0.25, 0.3) is 0 Å². The minimum absolute atomic E-state index is 0.254. The standard InChI is InChI=1S/C17H23N3O2/c1-17(2,16(21)22)14-6-8-20(9-7-14)11-13-5-3-4-12-10-18-19-15(12)13/h3-5,10,14H,6-9,11H2,1-2H3,(H,18,19)(H,21,22). The fourth-order valence-electron chi connectivity index (χ4n) is 3.39. The maximum Gasteiger partial charge on any atom is 0.309 e. The second-order valence-electron chi connectivity index (χ2n) is 6.83. The molecule has 1 aromatic carbocycles. The van der Waals surface area contributed by atoms with E-state index in [2.05, 4.69) is 33.3 Å². The van der Waals surface area contributed by atoms with Crippen LogP contribution in [0.3, 0.4) is 0 Å². The SMILES string of the molecule is CC(C)(C(=O)O)C1CCN(Cc2cccc3cn[nH]c23)CC1.